The van der Waals surface area contributed by atoms with E-state index in [2.05, 4.69) is 30.1 Å². The number of hydrogen-bond acceptors (Lipinski definition) is 2. The first-order valence-corrected chi connectivity index (χ1v) is 11.1. The molecule has 0 amide bonds. The van der Waals surface area contributed by atoms with Gasteiger partial charge in [0, 0.05) is 4.88 Å². The quantitative estimate of drug-likeness (QED) is 0.231. The fourth-order valence-corrected chi connectivity index (χ4v) is 3.96. The normalized spacial score (nSPS) is 11.1. The standard InChI is InChI=1S/C20H36S2/c21-18-14-12-10-8-6-4-2-1-3-5-7-9-11-13-16-20-17-15-19-22-20/h15,17,19,21H,1-14,16,18H2. The highest BCUT2D eigenvalue weighted by atomic mass is 32.1. The van der Waals surface area contributed by atoms with E-state index < -0.39 is 0 Å². The van der Waals surface area contributed by atoms with E-state index in [1.54, 1.807) is 4.88 Å². The summed E-state index contributed by atoms with van der Waals surface area (Å²) in [6.45, 7) is 0. The summed E-state index contributed by atoms with van der Waals surface area (Å²) in [6, 6.07) is 4.44. The molecule has 1 aromatic heterocycles. The van der Waals surface area contributed by atoms with Crippen LogP contribution in [-0.2, 0) is 6.42 Å². The minimum atomic E-state index is 1.06. The van der Waals surface area contributed by atoms with Gasteiger partial charge in [-0.2, -0.15) is 12.6 Å². The summed E-state index contributed by atoms with van der Waals surface area (Å²) in [5.41, 5.74) is 0. The predicted molar refractivity (Wildman–Crippen MR) is 107 cm³/mol. The molecule has 0 N–H and O–H groups in total. The van der Waals surface area contributed by atoms with E-state index in [4.69, 9.17) is 0 Å². The van der Waals surface area contributed by atoms with Crippen molar-refractivity contribution in [2.24, 2.45) is 0 Å². The van der Waals surface area contributed by atoms with Crippen LogP contribution in [-0.4, -0.2) is 5.75 Å². The molecule has 0 aliphatic rings. The lowest BCUT2D eigenvalue weighted by Crippen LogP contribution is -1.84. The van der Waals surface area contributed by atoms with Crippen molar-refractivity contribution in [1.82, 2.24) is 0 Å². The maximum atomic E-state index is 4.25. The van der Waals surface area contributed by atoms with E-state index in [9.17, 15) is 0 Å². The number of thiophene rings is 1. The van der Waals surface area contributed by atoms with E-state index in [-0.39, 0.29) is 0 Å². The van der Waals surface area contributed by atoms with Crippen molar-refractivity contribution in [1.29, 1.82) is 0 Å². The van der Waals surface area contributed by atoms with Crippen molar-refractivity contribution in [3.8, 4) is 0 Å². The first-order valence-electron chi connectivity index (χ1n) is 9.56. The Morgan fingerprint density at radius 3 is 1.50 bits per heavy atom. The molecule has 0 atom stereocenters. The number of thiol groups is 1. The van der Waals surface area contributed by atoms with Crippen molar-refractivity contribution in [3.63, 3.8) is 0 Å². The maximum Gasteiger partial charge on any atom is 0.00452 e. The van der Waals surface area contributed by atoms with Crippen molar-refractivity contribution in [2.75, 3.05) is 5.75 Å². The lowest BCUT2D eigenvalue weighted by Gasteiger charge is -2.03. The van der Waals surface area contributed by atoms with Crippen molar-refractivity contribution in [2.45, 2.75) is 96.3 Å². The molecule has 0 aliphatic heterocycles. The molecule has 0 fully saturated rings. The minimum Gasteiger partial charge on any atom is -0.179 e. The van der Waals surface area contributed by atoms with Crippen LogP contribution in [0.2, 0.25) is 0 Å². The van der Waals surface area contributed by atoms with E-state index in [0.29, 0.717) is 0 Å². The molecule has 0 unspecified atom stereocenters. The summed E-state index contributed by atoms with van der Waals surface area (Å²) >= 11 is 6.16. The molecular weight excluding hydrogens is 304 g/mol. The summed E-state index contributed by atoms with van der Waals surface area (Å²) in [6.07, 6.45) is 21.3. The van der Waals surface area contributed by atoms with Crippen LogP contribution in [0, 0.1) is 0 Å². The number of unbranched alkanes of at least 4 members (excludes halogenated alkanes) is 13. The van der Waals surface area contributed by atoms with Crippen LogP contribution in [0.15, 0.2) is 17.5 Å². The first-order chi connectivity index (χ1) is 10.9. The van der Waals surface area contributed by atoms with Gasteiger partial charge in [0.25, 0.3) is 0 Å². The molecule has 2 heteroatoms. The summed E-state index contributed by atoms with van der Waals surface area (Å²) < 4.78 is 0. The highest BCUT2D eigenvalue weighted by molar-refractivity contribution is 7.80. The average Bonchev–Trinajstić information content (AvgIpc) is 3.04. The van der Waals surface area contributed by atoms with Crippen LogP contribution < -0.4 is 0 Å². The highest BCUT2D eigenvalue weighted by Gasteiger charge is 1.96. The van der Waals surface area contributed by atoms with Crippen molar-refractivity contribution >= 4 is 24.0 Å². The van der Waals surface area contributed by atoms with Crippen LogP contribution in [0.5, 0.6) is 0 Å². The van der Waals surface area contributed by atoms with Crippen LogP contribution in [0.4, 0.5) is 0 Å². The number of rotatable bonds is 16. The summed E-state index contributed by atoms with van der Waals surface area (Å²) in [5, 5.41) is 2.19. The average molecular weight is 341 g/mol. The van der Waals surface area contributed by atoms with E-state index in [1.165, 1.54) is 96.3 Å². The SMILES string of the molecule is SCCCCCCCCCCCCCCCCc1cccs1. The number of aryl methyl sites for hydroxylation is 1. The predicted octanol–water partition coefficient (Wildman–Crippen LogP) is 7.68. The van der Waals surface area contributed by atoms with Crippen LogP contribution in [0.25, 0.3) is 0 Å². The summed E-state index contributed by atoms with van der Waals surface area (Å²) in [7, 11) is 0. The molecule has 22 heavy (non-hydrogen) atoms. The van der Waals surface area contributed by atoms with E-state index in [0.717, 1.165) is 5.75 Å². The number of hydrogen-bond donors (Lipinski definition) is 1. The smallest absolute Gasteiger partial charge is 0.00452 e. The molecule has 1 aromatic rings. The van der Waals surface area contributed by atoms with E-state index >= 15 is 0 Å². The zero-order valence-corrected chi connectivity index (χ0v) is 16.1. The van der Waals surface area contributed by atoms with Gasteiger partial charge in [0.15, 0.2) is 0 Å². The Balaban J connectivity index is 1.68. The van der Waals surface area contributed by atoms with Gasteiger partial charge in [0.1, 0.15) is 0 Å². The van der Waals surface area contributed by atoms with Gasteiger partial charge in [0.2, 0.25) is 0 Å². The molecule has 0 aromatic carbocycles. The zero-order chi connectivity index (χ0) is 15.7. The lowest BCUT2D eigenvalue weighted by atomic mass is 10.0. The second kappa shape index (κ2) is 15.9. The van der Waals surface area contributed by atoms with Gasteiger partial charge in [-0.1, -0.05) is 83.1 Å². The van der Waals surface area contributed by atoms with Gasteiger partial charge in [-0.25, -0.2) is 0 Å². The third-order valence-electron chi connectivity index (χ3n) is 4.41. The Hall–Kier alpha value is 0.0500. The molecule has 0 spiro atoms. The van der Waals surface area contributed by atoms with Gasteiger partial charge in [0.05, 0.1) is 0 Å². The van der Waals surface area contributed by atoms with Gasteiger partial charge in [-0.05, 0) is 36.5 Å². The molecule has 0 bridgehead atoms. The minimum absolute atomic E-state index is 1.06. The Morgan fingerprint density at radius 2 is 1.09 bits per heavy atom. The maximum absolute atomic E-state index is 4.25. The van der Waals surface area contributed by atoms with Crippen LogP contribution in [0.1, 0.15) is 94.8 Å². The van der Waals surface area contributed by atoms with E-state index in [1.807, 2.05) is 11.3 Å². The van der Waals surface area contributed by atoms with Crippen molar-refractivity contribution < 1.29 is 0 Å². The van der Waals surface area contributed by atoms with Gasteiger partial charge in [-0.15, -0.1) is 11.3 Å². The topological polar surface area (TPSA) is 0 Å². The molecular formula is C20H36S2. The Bertz CT molecular complexity index is 306. The van der Waals surface area contributed by atoms with Crippen molar-refractivity contribution in [3.05, 3.63) is 22.4 Å². The summed E-state index contributed by atoms with van der Waals surface area (Å²) in [5.74, 6) is 1.06. The zero-order valence-electron chi connectivity index (χ0n) is 14.4. The second-order valence-corrected chi connectivity index (χ2v) is 7.98. The van der Waals surface area contributed by atoms with Crippen LogP contribution in [0.3, 0.4) is 0 Å². The Morgan fingerprint density at radius 1 is 0.636 bits per heavy atom. The molecule has 0 saturated carbocycles. The lowest BCUT2D eigenvalue weighted by molar-refractivity contribution is 0.536. The molecule has 1 heterocycles. The summed E-state index contributed by atoms with van der Waals surface area (Å²) in [4.78, 5) is 1.56. The largest absolute Gasteiger partial charge is 0.179 e. The van der Waals surface area contributed by atoms with Gasteiger partial charge >= 0.3 is 0 Å². The molecule has 128 valence electrons. The van der Waals surface area contributed by atoms with Crippen LogP contribution >= 0.6 is 24.0 Å². The molecule has 0 nitrogen and oxygen atoms in total. The molecule has 0 radical (unpaired) electrons. The first kappa shape index (κ1) is 20.1. The van der Waals surface area contributed by atoms with Gasteiger partial charge in [-0.3, -0.25) is 0 Å². The molecule has 1 rings (SSSR count). The highest BCUT2D eigenvalue weighted by Crippen LogP contribution is 2.15. The fourth-order valence-electron chi connectivity index (χ4n) is 2.99. The second-order valence-electron chi connectivity index (χ2n) is 6.50. The monoisotopic (exact) mass is 340 g/mol. The Labute approximate surface area is 148 Å². The molecule has 0 aliphatic carbocycles. The third-order valence-corrected chi connectivity index (χ3v) is 5.66. The Kier molecular flexibility index (Phi) is 14.5. The molecule has 0 saturated heterocycles. The van der Waals surface area contributed by atoms with Gasteiger partial charge < -0.3 is 0 Å². The fraction of sp³-hybridized carbons (Fsp3) is 0.800. The third kappa shape index (κ3) is 12.6.